The van der Waals surface area contributed by atoms with Gasteiger partial charge in [-0.15, -0.1) is 53.6 Å². The Morgan fingerprint density at radius 2 is 1.31 bits per heavy atom. The predicted octanol–water partition coefficient (Wildman–Crippen LogP) is 16.1. The van der Waals surface area contributed by atoms with Crippen molar-refractivity contribution >= 4 is 33.0 Å². The van der Waals surface area contributed by atoms with Gasteiger partial charge in [-0.25, -0.2) is 0 Å². The van der Waals surface area contributed by atoms with Gasteiger partial charge in [-0.05, 0) is 92.2 Å². The summed E-state index contributed by atoms with van der Waals surface area (Å²) in [7, 11) is 0. The quantitative estimate of drug-likeness (QED) is 0.149. The van der Waals surface area contributed by atoms with Gasteiger partial charge in [-0.2, -0.15) is 0 Å². The molecule has 0 atom stereocenters. The third kappa shape index (κ3) is 8.76. The molecule has 0 unspecified atom stereocenters. The zero-order chi connectivity index (χ0) is 46.3. The number of fused-ring (bicyclic) bond motifs is 4. The van der Waals surface area contributed by atoms with Gasteiger partial charge in [0.25, 0.3) is 0 Å². The summed E-state index contributed by atoms with van der Waals surface area (Å²) >= 11 is 0. The van der Waals surface area contributed by atoms with E-state index >= 15 is 0 Å². The second kappa shape index (κ2) is 18.4. The fourth-order valence-corrected chi connectivity index (χ4v) is 8.33. The van der Waals surface area contributed by atoms with Gasteiger partial charge in [0.1, 0.15) is 5.58 Å². The molecule has 10 aromatic rings. The second-order valence-corrected chi connectivity index (χ2v) is 17.9. The number of hydrogen-bond acceptors (Lipinski definition) is 3. The molecule has 0 saturated carbocycles. The summed E-state index contributed by atoms with van der Waals surface area (Å²) in [5.74, 6) is 1.39. The molecular weight excluding hydrogens is 959 g/mol. The fraction of sp³-hybridized carbons (Fsp3) is 0.186. The summed E-state index contributed by atoms with van der Waals surface area (Å²) in [5.41, 5.74) is 16.4. The van der Waals surface area contributed by atoms with Crippen LogP contribution in [0.3, 0.4) is 0 Å². The molecule has 4 nitrogen and oxygen atoms in total. The van der Waals surface area contributed by atoms with Gasteiger partial charge < -0.3 is 14.0 Å². The topological polar surface area (TPSA) is 43.9 Å². The van der Waals surface area contributed by atoms with Crippen LogP contribution in [-0.2, 0) is 25.5 Å². The van der Waals surface area contributed by atoms with E-state index < -0.39 is 6.85 Å². The minimum absolute atomic E-state index is 0. The van der Waals surface area contributed by atoms with Gasteiger partial charge in [0, 0.05) is 41.5 Å². The zero-order valence-corrected chi connectivity index (χ0v) is 39.7. The van der Waals surface area contributed by atoms with Crippen molar-refractivity contribution in [1.82, 2.24) is 14.5 Å². The summed E-state index contributed by atoms with van der Waals surface area (Å²) in [6.45, 7) is 13.5. The largest absolute Gasteiger partial charge is 0.501 e. The van der Waals surface area contributed by atoms with Crippen LogP contribution in [0.1, 0.15) is 86.7 Å². The van der Waals surface area contributed by atoms with Crippen molar-refractivity contribution in [3.05, 3.63) is 198 Å². The minimum Gasteiger partial charge on any atom is -0.501 e. The minimum atomic E-state index is -2.08. The van der Waals surface area contributed by atoms with E-state index in [1.165, 1.54) is 50.7 Å². The molecule has 321 valence electrons. The molecule has 1 radical (unpaired) electrons. The number of furan rings is 1. The standard InChI is InChI=1S/C43H35N2O.C16H18N.Ir/c1-27(2)36-25-32(31-23-21-30(22-24-31)29-13-6-5-7-14-29)26-37(28(3)4)41(36)45-39-19-10-9-18-38(39)44-43(45)35-17-12-16-34-33-15-8-11-20-40(33)46-42(34)35;1-12-5-7-13(8-6-12)15-10-9-14(11-17-15)16(2,3)4;/h5-16,18-28H,1-4H3;5-7,9-11H,1-4H3;/q2*-1;/i;1D3;. The molecule has 0 amide bonds. The first-order chi connectivity index (χ1) is 31.7. The van der Waals surface area contributed by atoms with Crippen LogP contribution < -0.4 is 0 Å². The van der Waals surface area contributed by atoms with E-state index in [0.29, 0.717) is 5.56 Å². The van der Waals surface area contributed by atoms with Gasteiger partial charge in [-0.1, -0.05) is 163 Å². The fourth-order valence-electron chi connectivity index (χ4n) is 8.33. The average Bonchev–Trinajstić information content (AvgIpc) is 3.90. The number of rotatable bonds is 7. The van der Waals surface area contributed by atoms with E-state index in [4.69, 9.17) is 13.5 Å². The van der Waals surface area contributed by atoms with Crippen LogP contribution in [-0.4, -0.2) is 14.5 Å². The smallest absolute Gasteiger partial charge is 0.120 e. The maximum absolute atomic E-state index is 7.34. The number of benzene rings is 7. The summed E-state index contributed by atoms with van der Waals surface area (Å²) in [4.78, 5) is 9.71. The molecule has 0 saturated heterocycles. The summed E-state index contributed by atoms with van der Waals surface area (Å²) in [6, 6.07) is 60.4. The molecule has 0 fully saturated rings. The number of para-hydroxylation sites is 3. The number of aryl methyl sites for hydroxylation is 1. The van der Waals surface area contributed by atoms with Gasteiger partial charge in [-0.3, -0.25) is 4.98 Å². The monoisotopic (exact) mass is 1020 g/mol. The van der Waals surface area contributed by atoms with E-state index in [1.807, 2.05) is 36.5 Å². The van der Waals surface area contributed by atoms with Gasteiger partial charge >= 0.3 is 0 Å². The zero-order valence-electron chi connectivity index (χ0n) is 40.3. The molecule has 0 aliphatic carbocycles. The molecule has 10 rings (SSSR count). The van der Waals surface area contributed by atoms with Crippen molar-refractivity contribution in [2.24, 2.45) is 0 Å². The SMILES string of the molecule is CC(C)c1cc(-c2ccc(-c3ccccc3)cc2)cc(C(C)C)c1-n1c(-c2[c-]ccc3c2oc2ccccc23)nc2ccccc21.[2H]C([2H])([2H])c1c[c-]c(-c2ccc(C(C)(C)C)cn2)cc1.[Ir]. The first kappa shape index (κ1) is 40.4. The predicted molar refractivity (Wildman–Crippen MR) is 264 cm³/mol. The number of aromatic nitrogens is 3. The van der Waals surface area contributed by atoms with Crippen molar-refractivity contribution in [3.8, 4) is 50.6 Å². The number of imidazole rings is 1. The van der Waals surface area contributed by atoms with E-state index in [2.05, 4.69) is 179 Å². The molecule has 0 spiro atoms. The Kier molecular flexibility index (Phi) is 11.6. The summed E-state index contributed by atoms with van der Waals surface area (Å²) in [6.07, 6.45) is 1.86. The number of nitrogens with zero attached hydrogens (tertiary/aromatic N) is 3. The Hall–Kier alpha value is -6.39. The van der Waals surface area contributed by atoms with Crippen molar-refractivity contribution < 1.29 is 28.6 Å². The van der Waals surface area contributed by atoms with Crippen LogP contribution in [0.2, 0.25) is 0 Å². The molecule has 0 aliphatic heterocycles. The molecule has 3 aromatic heterocycles. The van der Waals surface area contributed by atoms with Gasteiger partial charge in [0.05, 0.1) is 22.4 Å². The molecular formula is C59H53IrN3O-2. The Morgan fingerprint density at radius 1 is 0.656 bits per heavy atom. The Balaban J connectivity index is 0.000000244. The third-order valence-electron chi connectivity index (χ3n) is 11.8. The van der Waals surface area contributed by atoms with Crippen LogP contribution in [0, 0.1) is 19.0 Å². The summed E-state index contributed by atoms with van der Waals surface area (Å²) in [5, 5.41) is 2.18. The van der Waals surface area contributed by atoms with Crippen molar-refractivity contribution in [2.75, 3.05) is 0 Å². The maximum atomic E-state index is 7.34. The maximum Gasteiger partial charge on any atom is 0.120 e. The van der Waals surface area contributed by atoms with E-state index in [1.54, 1.807) is 12.1 Å². The van der Waals surface area contributed by atoms with Crippen molar-refractivity contribution in [2.45, 2.75) is 72.6 Å². The molecule has 64 heavy (non-hydrogen) atoms. The van der Waals surface area contributed by atoms with Crippen molar-refractivity contribution in [3.63, 3.8) is 0 Å². The molecule has 0 bridgehead atoms. The molecule has 0 aliphatic rings. The van der Waals surface area contributed by atoms with E-state index in [-0.39, 0.29) is 37.4 Å². The first-order valence-corrected chi connectivity index (χ1v) is 21.8. The van der Waals surface area contributed by atoms with Gasteiger partial charge in [0.2, 0.25) is 0 Å². The van der Waals surface area contributed by atoms with Crippen LogP contribution in [0.5, 0.6) is 0 Å². The van der Waals surface area contributed by atoms with Gasteiger partial charge in [0.15, 0.2) is 0 Å². The van der Waals surface area contributed by atoms with Crippen molar-refractivity contribution in [1.29, 1.82) is 0 Å². The molecule has 0 N–H and O–H groups in total. The Labute approximate surface area is 395 Å². The third-order valence-corrected chi connectivity index (χ3v) is 11.8. The molecule has 7 aromatic carbocycles. The average molecular weight is 1020 g/mol. The number of hydrogen-bond donors (Lipinski definition) is 0. The van der Waals surface area contributed by atoms with Crippen LogP contribution >= 0.6 is 0 Å². The Morgan fingerprint density at radius 3 is 1.95 bits per heavy atom. The van der Waals surface area contributed by atoms with Crippen LogP contribution in [0.15, 0.2) is 168 Å². The van der Waals surface area contributed by atoms with E-state index in [0.717, 1.165) is 55.6 Å². The van der Waals surface area contributed by atoms with E-state index in [9.17, 15) is 0 Å². The molecule has 3 heterocycles. The normalized spacial score (nSPS) is 12.5. The Bertz CT molecular complexity index is 3220. The second-order valence-electron chi connectivity index (χ2n) is 17.9. The number of pyridine rings is 1. The van der Waals surface area contributed by atoms with Crippen LogP contribution in [0.25, 0.3) is 83.6 Å². The molecule has 5 heteroatoms. The van der Waals surface area contributed by atoms with Crippen LogP contribution in [0.4, 0.5) is 0 Å². The summed E-state index contributed by atoms with van der Waals surface area (Å²) < 4.78 is 30.9. The first-order valence-electron chi connectivity index (χ1n) is 23.3.